The topological polar surface area (TPSA) is 33.0 Å². The molecule has 18 heavy (non-hydrogen) atoms. The van der Waals surface area contributed by atoms with Crippen LogP contribution in [0.3, 0.4) is 0 Å². The Kier molecular flexibility index (Phi) is 3.36. The highest BCUT2D eigenvalue weighted by Crippen LogP contribution is 2.43. The van der Waals surface area contributed by atoms with E-state index in [4.69, 9.17) is 4.74 Å². The molecule has 0 radical (unpaired) electrons. The second-order valence-electron chi connectivity index (χ2n) is 5.12. The summed E-state index contributed by atoms with van der Waals surface area (Å²) < 4.78 is 32.1. The maximum Gasteiger partial charge on any atom is 0.130 e. The summed E-state index contributed by atoms with van der Waals surface area (Å²) in [5, 5.41) is 9.30. The maximum atomic E-state index is 13.9. The molecule has 0 saturated carbocycles. The third-order valence-electron chi connectivity index (χ3n) is 3.59. The van der Waals surface area contributed by atoms with Gasteiger partial charge >= 0.3 is 0 Å². The summed E-state index contributed by atoms with van der Waals surface area (Å²) in [7, 11) is 0. The number of hydrogen-bond acceptors (Lipinski definition) is 2. The van der Waals surface area contributed by atoms with E-state index in [0.29, 0.717) is 18.8 Å². The summed E-state index contributed by atoms with van der Waals surface area (Å²) in [5.74, 6) is -1.46. The predicted octanol–water partition coefficient (Wildman–Crippen LogP) is 3.03. The molecule has 0 amide bonds. The number of rotatable bonds is 3. The van der Waals surface area contributed by atoms with Crippen LogP contribution in [0.5, 0.6) is 0 Å². The number of hydrogen-bond donors (Lipinski definition) is 0. The maximum absolute atomic E-state index is 13.9. The first-order chi connectivity index (χ1) is 8.51. The van der Waals surface area contributed by atoms with Crippen molar-refractivity contribution in [1.29, 1.82) is 5.26 Å². The molecular formula is C14H15F2NO. The quantitative estimate of drug-likeness (QED) is 0.827. The zero-order chi connectivity index (χ0) is 13.3. The van der Waals surface area contributed by atoms with Crippen molar-refractivity contribution in [2.75, 3.05) is 13.2 Å². The molecule has 0 spiro atoms. The fraction of sp³-hybridized carbons (Fsp3) is 0.500. The Morgan fingerprint density at radius 3 is 2.39 bits per heavy atom. The van der Waals surface area contributed by atoms with Crippen molar-refractivity contribution < 1.29 is 13.5 Å². The number of ether oxygens (including phenoxy) is 1. The minimum Gasteiger partial charge on any atom is -0.379 e. The van der Waals surface area contributed by atoms with Crippen LogP contribution in [-0.2, 0) is 10.2 Å². The normalized spacial score (nSPS) is 19.1. The van der Waals surface area contributed by atoms with E-state index in [1.54, 1.807) is 0 Å². The molecule has 1 atom stereocenters. The fourth-order valence-corrected chi connectivity index (χ4v) is 2.63. The molecule has 0 N–H and O–H groups in total. The summed E-state index contributed by atoms with van der Waals surface area (Å²) in [6.07, 6.45) is 0. The van der Waals surface area contributed by atoms with Crippen LogP contribution in [0.4, 0.5) is 8.78 Å². The van der Waals surface area contributed by atoms with E-state index >= 15 is 0 Å². The number of benzene rings is 1. The van der Waals surface area contributed by atoms with E-state index in [1.165, 1.54) is 12.1 Å². The van der Waals surface area contributed by atoms with Crippen LogP contribution in [0, 0.1) is 34.8 Å². The molecule has 0 aromatic heterocycles. The second kappa shape index (κ2) is 4.66. The van der Waals surface area contributed by atoms with Gasteiger partial charge in [-0.25, -0.2) is 8.78 Å². The Morgan fingerprint density at radius 1 is 1.33 bits per heavy atom. The molecule has 1 fully saturated rings. The summed E-state index contributed by atoms with van der Waals surface area (Å²) in [4.78, 5) is 0. The van der Waals surface area contributed by atoms with Gasteiger partial charge in [0.2, 0.25) is 0 Å². The van der Waals surface area contributed by atoms with E-state index in [2.05, 4.69) is 6.07 Å². The standard InChI is InChI=1S/C14H15F2NO/c1-9(2)12(6-17)14(7-18-8-14)11-4-3-10(15)5-13(11)16/h3-5,9,12H,7-8H2,1-2H3. The van der Waals surface area contributed by atoms with Gasteiger partial charge < -0.3 is 4.74 Å². The highest BCUT2D eigenvalue weighted by atomic mass is 19.1. The van der Waals surface area contributed by atoms with Gasteiger partial charge in [-0.15, -0.1) is 0 Å². The zero-order valence-electron chi connectivity index (χ0n) is 10.4. The number of halogens is 2. The van der Waals surface area contributed by atoms with Gasteiger partial charge in [0.05, 0.1) is 30.6 Å². The van der Waals surface area contributed by atoms with E-state index in [-0.39, 0.29) is 11.8 Å². The molecule has 1 unspecified atom stereocenters. The number of nitriles is 1. The van der Waals surface area contributed by atoms with Crippen LogP contribution >= 0.6 is 0 Å². The number of nitrogens with zero attached hydrogens (tertiary/aromatic N) is 1. The van der Waals surface area contributed by atoms with Crippen molar-refractivity contribution in [3.05, 3.63) is 35.4 Å². The molecule has 1 heterocycles. The first-order valence-electron chi connectivity index (χ1n) is 5.94. The average molecular weight is 251 g/mol. The minimum atomic E-state index is -0.638. The van der Waals surface area contributed by atoms with Gasteiger partial charge in [-0.05, 0) is 12.0 Å². The van der Waals surface area contributed by atoms with Gasteiger partial charge in [0.25, 0.3) is 0 Å². The molecule has 2 rings (SSSR count). The van der Waals surface area contributed by atoms with Crippen molar-refractivity contribution in [2.24, 2.45) is 11.8 Å². The third-order valence-corrected chi connectivity index (χ3v) is 3.59. The largest absolute Gasteiger partial charge is 0.379 e. The Labute approximate surface area is 105 Å². The van der Waals surface area contributed by atoms with Crippen LogP contribution < -0.4 is 0 Å². The van der Waals surface area contributed by atoms with Crippen molar-refractivity contribution in [2.45, 2.75) is 19.3 Å². The molecule has 1 aromatic rings. The van der Waals surface area contributed by atoms with Gasteiger partial charge in [0.1, 0.15) is 11.6 Å². The lowest BCUT2D eigenvalue weighted by Crippen LogP contribution is -2.54. The van der Waals surface area contributed by atoms with Gasteiger partial charge in [-0.1, -0.05) is 19.9 Å². The summed E-state index contributed by atoms with van der Waals surface area (Å²) in [5.41, 5.74) is -0.254. The zero-order valence-corrected chi connectivity index (χ0v) is 10.4. The Hall–Kier alpha value is -1.47. The Morgan fingerprint density at radius 2 is 2.00 bits per heavy atom. The minimum absolute atomic E-state index is 0.0864. The lowest BCUT2D eigenvalue weighted by molar-refractivity contribution is -0.0892. The average Bonchev–Trinajstić information content (AvgIpc) is 2.23. The van der Waals surface area contributed by atoms with Gasteiger partial charge in [-0.2, -0.15) is 5.26 Å². The van der Waals surface area contributed by atoms with Crippen LogP contribution in [0.2, 0.25) is 0 Å². The second-order valence-corrected chi connectivity index (χ2v) is 5.12. The predicted molar refractivity (Wildman–Crippen MR) is 62.8 cm³/mol. The lowest BCUT2D eigenvalue weighted by atomic mass is 9.65. The van der Waals surface area contributed by atoms with Crippen LogP contribution in [0.15, 0.2) is 18.2 Å². The molecule has 1 aliphatic rings. The van der Waals surface area contributed by atoms with Crippen molar-refractivity contribution in [1.82, 2.24) is 0 Å². The Bertz CT molecular complexity index is 489. The Balaban J connectivity index is 2.47. The fourth-order valence-electron chi connectivity index (χ4n) is 2.63. The van der Waals surface area contributed by atoms with E-state index in [1.807, 2.05) is 13.8 Å². The molecular weight excluding hydrogens is 236 g/mol. The highest BCUT2D eigenvalue weighted by Gasteiger charge is 2.50. The highest BCUT2D eigenvalue weighted by molar-refractivity contribution is 5.33. The van der Waals surface area contributed by atoms with E-state index in [0.717, 1.165) is 6.07 Å². The summed E-state index contributed by atoms with van der Waals surface area (Å²) in [6, 6.07) is 5.77. The van der Waals surface area contributed by atoms with Crippen LogP contribution in [0.25, 0.3) is 0 Å². The summed E-state index contributed by atoms with van der Waals surface area (Å²) >= 11 is 0. The molecule has 2 nitrogen and oxygen atoms in total. The van der Waals surface area contributed by atoms with Crippen LogP contribution in [-0.4, -0.2) is 13.2 Å². The van der Waals surface area contributed by atoms with E-state index < -0.39 is 17.0 Å². The van der Waals surface area contributed by atoms with Crippen molar-refractivity contribution in [3.8, 4) is 6.07 Å². The molecule has 96 valence electrons. The monoisotopic (exact) mass is 251 g/mol. The third kappa shape index (κ3) is 1.89. The first-order valence-corrected chi connectivity index (χ1v) is 5.94. The molecule has 0 aliphatic carbocycles. The molecule has 1 aromatic carbocycles. The molecule has 1 aliphatic heterocycles. The van der Waals surface area contributed by atoms with Crippen molar-refractivity contribution in [3.63, 3.8) is 0 Å². The van der Waals surface area contributed by atoms with E-state index in [9.17, 15) is 14.0 Å². The molecule has 0 bridgehead atoms. The van der Waals surface area contributed by atoms with Crippen molar-refractivity contribution >= 4 is 0 Å². The SMILES string of the molecule is CC(C)C(C#N)C1(c2ccc(F)cc2F)COC1. The molecule has 1 saturated heterocycles. The smallest absolute Gasteiger partial charge is 0.130 e. The summed E-state index contributed by atoms with van der Waals surface area (Å²) in [6.45, 7) is 4.47. The lowest BCUT2D eigenvalue weighted by Gasteiger charge is -2.46. The van der Waals surface area contributed by atoms with Gasteiger partial charge in [0.15, 0.2) is 0 Å². The van der Waals surface area contributed by atoms with Crippen LogP contribution in [0.1, 0.15) is 19.4 Å². The van der Waals surface area contributed by atoms with Gasteiger partial charge in [-0.3, -0.25) is 0 Å². The molecule has 4 heteroatoms. The first kappa shape index (κ1) is 13.0. The van der Waals surface area contributed by atoms with Gasteiger partial charge in [0, 0.05) is 11.6 Å².